The van der Waals surface area contributed by atoms with Crippen LogP contribution < -0.4 is 11.1 Å². The van der Waals surface area contributed by atoms with Crippen molar-refractivity contribution in [2.75, 3.05) is 39.9 Å². The quantitative estimate of drug-likeness (QED) is 0.508. The lowest BCUT2D eigenvalue weighted by Crippen LogP contribution is -2.45. The molecule has 0 aromatic carbocycles. The number of nitrogens with zero attached hydrogens (tertiary/aromatic N) is 1. The van der Waals surface area contributed by atoms with Crippen LogP contribution >= 0.6 is 12.2 Å². The normalized spacial score (nSPS) is 21.1. The number of carbonyl (C=O) groups excluding carboxylic acids is 1. The standard InChI is InChI=1S/C11H21N3O2S/c1-16-6-4-13-10(15)8-14-5-2-3-9(7-14)11(12)17/h9H,2-8H2,1H3,(H2,12,17)(H,13,15). The van der Waals surface area contributed by atoms with Crippen LogP contribution in [0.25, 0.3) is 0 Å². The van der Waals surface area contributed by atoms with E-state index in [4.69, 9.17) is 22.7 Å². The van der Waals surface area contributed by atoms with Gasteiger partial charge in [0.25, 0.3) is 0 Å². The number of nitrogens with one attached hydrogen (secondary N) is 1. The highest BCUT2D eigenvalue weighted by molar-refractivity contribution is 7.80. The molecule has 1 unspecified atom stereocenters. The number of carbonyl (C=O) groups is 1. The van der Waals surface area contributed by atoms with Crippen molar-refractivity contribution in [3.05, 3.63) is 0 Å². The lowest BCUT2D eigenvalue weighted by molar-refractivity contribution is -0.122. The number of ether oxygens (including phenoxy) is 1. The van der Waals surface area contributed by atoms with Crippen LogP contribution in [-0.4, -0.2) is 55.7 Å². The Hall–Kier alpha value is -0.720. The maximum atomic E-state index is 11.6. The topological polar surface area (TPSA) is 67.6 Å². The van der Waals surface area contributed by atoms with Crippen molar-refractivity contribution in [2.45, 2.75) is 12.8 Å². The molecule has 98 valence electrons. The van der Waals surface area contributed by atoms with E-state index in [1.807, 2.05) is 0 Å². The number of thiocarbonyl (C=S) groups is 1. The highest BCUT2D eigenvalue weighted by atomic mass is 32.1. The second kappa shape index (κ2) is 7.58. The van der Waals surface area contributed by atoms with Crippen LogP contribution in [0.2, 0.25) is 0 Å². The van der Waals surface area contributed by atoms with Crippen molar-refractivity contribution in [3.63, 3.8) is 0 Å². The summed E-state index contributed by atoms with van der Waals surface area (Å²) in [6.07, 6.45) is 2.09. The van der Waals surface area contributed by atoms with Gasteiger partial charge in [0, 0.05) is 26.1 Å². The maximum Gasteiger partial charge on any atom is 0.234 e. The fraction of sp³-hybridized carbons (Fsp3) is 0.818. The Kier molecular flexibility index (Phi) is 6.39. The first kappa shape index (κ1) is 14.3. The van der Waals surface area contributed by atoms with Crippen LogP contribution in [0.4, 0.5) is 0 Å². The van der Waals surface area contributed by atoms with Crippen molar-refractivity contribution in [2.24, 2.45) is 11.7 Å². The fourth-order valence-electron chi connectivity index (χ4n) is 1.98. The first-order chi connectivity index (χ1) is 8.13. The maximum absolute atomic E-state index is 11.6. The lowest BCUT2D eigenvalue weighted by Gasteiger charge is -2.31. The SMILES string of the molecule is COCCNC(=O)CN1CCCC(C(N)=S)C1. The average Bonchev–Trinajstić information content (AvgIpc) is 2.29. The third-order valence-corrected chi connectivity index (χ3v) is 3.24. The zero-order valence-electron chi connectivity index (χ0n) is 10.3. The number of nitrogens with two attached hydrogens (primary N) is 1. The molecule has 0 spiro atoms. The minimum Gasteiger partial charge on any atom is -0.393 e. The van der Waals surface area contributed by atoms with Gasteiger partial charge in [-0.2, -0.15) is 0 Å². The predicted octanol–water partition coefficient (Wildman–Crippen LogP) is -0.253. The number of piperidine rings is 1. The largest absolute Gasteiger partial charge is 0.393 e. The van der Waals surface area contributed by atoms with E-state index >= 15 is 0 Å². The van der Waals surface area contributed by atoms with E-state index in [0.29, 0.717) is 24.7 Å². The summed E-state index contributed by atoms with van der Waals surface area (Å²) in [6, 6.07) is 0. The Morgan fingerprint density at radius 1 is 1.65 bits per heavy atom. The van der Waals surface area contributed by atoms with Crippen LogP contribution in [0.1, 0.15) is 12.8 Å². The first-order valence-electron chi connectivity index (χ1n) is 5.90. The lowest BCUT2D eigenvalue weighted by atomic mass is 9.98. The van der Waals surface area contributed by atoms with Crippen LogP contribution in [-0.2, 0) is 9.53 Å². The van der Waals surface area contributed by atoms with Crippen molar-refractivity contribution >= 4 is 23.1 Å². The van der Waals surface area contributed by atoms with Gasteiger partial charge in [-0.25, -0.2) is 0 Å². The van der Waals surface area contributed by atoms with Gasteiger partial charge in [0.15, 0.2) is 0 Å². The van der Waals surface area contributed by atoms with E-state index in [-0.39, 0.29) is 11.8 Å². The first-order valence-corrected chi connectivity index (χ1v) is 6.31. The van der Waals surface area contributed by atoms with Crippen molar-refractivity contribution in [1.82, 2.24) is 10.2 Å². The zero-order chi connectivity index (χ0) is 12.7. The van der Waals surface area contributed by atoms with Gasteiger partial charge in [0.05, 0.1) is 18.1 Å². The molecule has 1 atom stereocenters. The number of rotatable bonds is 6. The van der Waals surface area contributed by atoms with Gasteiger partial charge in [-0.05, 0) is 19.4 Å². The third-order valence-electron chi connectivity index (χ3n) is 2.90. The van der Waals surface area contributed by atoms with Gasteiger partial charge in [0.2, 0.25) is 5.91 Å². The predicted molar refractivity (Wildman–Crippen MR) is 70.8 cm³/mol. The molecule has 1 aliphatic heterocycles. The van der Waals surface area contributed by atoms with E-state index in [9.17, 15) is 4.79 Å². The molecule has 1 saturated heterocycles. The highest BCUT2D eigenvalue weighted by Gasteiger charge is 2.22. The number of hydrogen-bond donors (Lipinski definition) is 2. The number of amides is 1. The molecule has 0 bridgehead atoms. The summed E-state index contributed by atoms with van der Waals surface area (Å²) in [7, 11) is 1.61. The summed E-state index contributed by atoms with van der Waals surface area (Å²) in [5.74, 6) is 0.288. The Labute approximate surface area is 108 Å². The molecule has 3 N–H and O–H groups in total. The second-order valence-corrected chi connectivity index (χ2v) is 4.79. The molecule has 1 fully saturated rings. The Balaban J connectivity index is 2.26. The summed E-state index contributed by atoms with van der Waals surface area (Å²) < 4.78 is 4.87. The van der Waals surface area contributed by atoms with E-state index in [2.05, 4.69) is 10.2 Å². The van der Waals surface area contributed by atoms with Gasteiger partial charge in [-0.3, -0.25) is 9.69 Å². The molecule has 0 aromatic heterocycles. The molecule has 1 heterocycles. The van der Waals surface area contributed by atoms with E-state index in [0.717, 1.165) is 25.9 Å². The van der Waals surface area contributed by atoms with Crippen molar-refractivity contribution in [1.29, 1.82) is 0 Å². The molecular weight excluding hydrogens is 238 g/mol. The summed E-state index contributed by atoms with van der Waals surface area (Å²) >= 11 is 5.00. The number of methoxy groups -OCH3 is 1. The third kappa shape index (κ3) is 5.43. The monoisotopic (exact) mass is 259 g/mol. The van der Waals surface area contributed by atoms with Gasteiger partial charge in [-0.1, -0.05) is 12.2 Å². The fourth-order valence-corrected chi connectivity index (χ4v) is 2.18. The van der Waals surface area contributed by atoms with Crippen LogP contribution in [0.15, 0.2) is 0 Å². The minimum absolute atomic E-state index is 0.0330. The zero-order valence-corrected chi connectivity index (χ0v) is 11.1. The van der Waals surface area contributed by atoms with E-state index in [1.165, 1.54) is 0 Å². The molecule has 1 aliphatic rings. The van der Waals surface area contributed by atoms with Crippen molar-refractivity contribution < 1.29 is 9.53 Å². The summed E-state index contributed by atoms with van der Waals surface area (Å²) in [6.45, 7) is 3.26. The molecule has 1 amide bonds. The van der Waals surface area contributed by atoms with E-state index < -0.39 is 0 Å². The van der Waals surface area contributed by atoms with Gasteiger partial charge in [0.1, 0.15) is 0 Å². The van der Waals surface area contributed by atoms with Gasteiger partial charge in [-0.15, -0.1) is 0 Å². The van der Waals surface area contributed by atoms with Crippen LogP contribution in [0.3, 0.4) is 0 Å². The smallest absolute Gasteiger partial charge is 0.234 e. The Morgan fingerprint density at radius 3 is 3.06 bits per heavy atom. The van der Waals surface area contributed by atoms with Crippen LogP contribution in [0.5, 0.6) is 0 Å². The summed E-state index contributed by atoms with van der Waals surface area (Å²) in [5, 5.41) is 2.81. The molecule has 0 aromatic rings. The number of hydrogen-bond acceptors (Lipinski definition) is 4. The molecular formula is C11H21N3O2S. The Morgan fingerprint density at radius 2 is 2.41 bits per heavy atom. The van der Waals surface area contributed by atoms with Crippen LogP contribution in [0, 0.1) is 5.92 Å². The van der Waals surface area contributed by atoms with Gasteiger partial charge < -0.3 is 15.8 Å². The number of likely N-dealkylation sites (tertiary alicyclic amines) is 1. The molecule has 0 aliphatic carbocycles. The average molecular weight is 259 g/mol. The second-order valence-electron chi connectivity index (χ2n) is 4.32. The molecule has 0 saturated carbocycles. The molecule has 17 heavy (non-hydrogen) atoms. The highest BCUT2D eigenvalue weighted by Crippen LogP contribution is 2.16. The van der Waals surface area contributed by atoms with E-state index in [1.54, 1.807) is 7.11 Å². The minimum atomic E-state index is 0.0330. The van der Waals surface area contributed by atoms with Gasteiger partial charge >= 0.3 is 0 Å². The summed E-state index contributed by atoms with van der Waals surface area (Å²) in [4.78, 5) is 14.3. The molecule has 1 rings (SSSR count). The Bertz CT molecular complexity index is 273. The van der Waals surface area contributed by atoms with Crippen molar-refractivity contribution in [3.8, 4) is 0 Å². The molecule has 0 radical (unpaired) electrons. The molecule has 5 nitrogen and oxygen atoms in total. The summed E-state index contributed by atoms with van der Waals surface area (Å²) in [5.41, 5.74) is 5.65. The molecule has 6 heteroatoms.